The third kappa shape index (κ3) is 4.30. The van der Waals surface area contributed by atoms with Crippen LogP contribution in [0, 0.1) is 11.8 Å². The quantitative estimate of drug-likeness (QED) is 0.168. The SMILES string of the molecule is C[C@@H](O)[C@H]1C(=O)N2C(C(=O)O)=C(c3cn4cnc(C(=O)c5ccc[n+](Cc6ccccc6)c5)c4s3)[C@H](C)[C@H]12.[Br-]. The van der Waals surface area contributed by atoms with Crippen molar-refractivity contribution in [3.63, 3.8) is 0 Å². The number of aliphatic carboxylic acids is 1. The summed E-state index contributed by atoms with van der Waals surface area (Å²) < 4.78 is 3.66. The fraction of sp³-hybridized carbons (Fsp3) is 0.250. The van der Waals surface area contributed by atoms with Crippen molar-refractivity contribution in [3.05, 3.63) is 94.8 Å². The Kier molecular flexibility index (Phi) is 7.00. The van der Waals surface area contributed by atoms with Crippen LogP contribution in [0.4, 0.5) is 0 Å². The topological polar surface area (TPSA) is 116 Å². The van der Waals surface area contributed by atoms with E-state index >= 15 is 0 Å². The van der Waals surface area contributed by atoms with Gasteiger partial charge < -0.3 is 32.1 Å². The van der Waals surface area contributed by atoms with Crippen molar-refractivity contribution in [1.82, 2.24) is 14.3 Å². The molecule has 6 rings (SSSR count). The molecule has 5 heterocycles. The van der Waals surface area contributed by atoms with Gasteiger partial charge in [-0.15, -0.1) is 11.3 Å². The van der Waals surface area contributed by atoms with Crippen LogP contribution in [0.25, 0.3) is 10.4 Å². The Morgan fingerprint density at radius 1 is 1.18 bits per heavy atom. The van der Waals surface area contributed by atoms with Crippen LogP contribution >= 0.6 is 11.3 Å². The Morgan fingerprint density at radius 2 is 1.92 bits per heavy atom. The molecule has 1 fully saturated rings. The number of hydrogen-bond acceptors (Lipinski definition) is 6. The van der Waals surface area contributed by atoms with Crippen LogP contribution in [0.15, 0.2) is 73.1 Å². The van der Waals surface area contributed by atoms with E-state index in [0.29, 0.717) is 27.4 Å². The van der Waals surface area contributed by atoms with Crippen molar-refractivity contribution in [2.24, 2.45) is 11.8 Å². The third-order valence-electron chi connectivity index (χ3n) is 7.39. The zero-order chi connectivity index (χ0) is 26.7. The molecule has 2 aliphatic heterocycles. The number of thiazole rings is 1. The second kappa shape index (κ2) is 10.1. The number of aromatic nitrogens is 3. The van der Waals surface area contributed by atoms with E-state index in [0.717, 1.165) is 5.56 Å². The average molecular weight is 610 g/mol. The molecule has 0 aliphatic carbocycles. The van der Waals surface area contributed by atoms with Gasteiger partial charge in [0.15, 0.2) is 18.9 Å². The van der Waals surface area contributed by atoms with E-state index in [-0.39, 0.29) is 46.0 Å². The van der Waals surface area contributed by atoms with Gasteiger partial charge in [0.25, 0.3) is 0 Å². The van der Waals surface area contributed by atoms with Crippen LogP contribution in [0.5, 0.6) is 0 Å². The molecule has 11 heteroatoms. The number of ketones is 1. The van der Waals surface area contributed by atoms with E-state index in [4.69, 9.17) is 0 Å². The third-order valence-corrected chi connectivity index (χ3v) is 8.54. The highest BCUT2D eigenvalue weighted by molar-refractivity contribution is 7.18. The molecular formula is C28H25BrN4O5S. The van der Waals surface area contributed by atoms with Crippen molar-refractivity contribution in [1.29, 1.82) is 0 Å². The highest BCUT2D eigenvalue weighted by Crippen LogP contribution is 2.51. The first kappa shape index (κ1) is 26.9. The summed E-state index contributed by atoms with van der Waals surface area (Å²) in [4.78, 5) is 45.3. The highest BCUT2D eigenvalue weighted by atomic mass is 79.9. The number of fused-ring (bicyclic) bond motifs is 2. The van der Waals surface area contributed by atoms with E-state index in [9.17, 15) is 24.6 Å². The van der Waals surface area contributed by atoms with E-state index in [1.54, 1.807) is 36.1 Å². The maximum atomic E-state index is 13.5. The molecule has 0 saturated carbocycles. The van der Waals surface area contributed by atoms with Gasteiger partial charge in [0.2, 0.25) is 11.7 Å². The van der Waals surface area contributed by atoms with Crippen molar-refractivity contribution < 1.29 is 46.1 Å². The van der Waals surface area contributed by atoms with Crippen molar-refractivity contribution in [3.8, 4) is 0 Å². The molecule has 0 radical (unpaired) electrons. The lowest BCUT2D eigenvalue weighted by molar-refractivity contribution is -0.688. The molecule has 200 valence electrons. The van der Waals surface area contributed by atoms with Gasteiger partial charge in [0.05, 0.1) is 28.5 Å². The first-order valence-corrected chi connectivity index (χ1v) is 13.1. The number of carboxylic acid groups (broad SMARTS) is 1. The first-order chi connectivity index (χ1) is 18.3. The second-order valence-corrected chi connectivity index (χ2v) is 10.8. The highest BCUT2D eigenvalue weighted by Gasteiger charge is 2.60. The average Bonchev–Trinajstić information content (AvgIpc) is 3.54. The molecule has 2 aliphatic rings. The smallest absolute Gasteiger partial charge is 0.352 e. The number of aliphatic hydroxyl groups is 1. The molecule has 0 bridgehead atoms. The predicted octanol–water partition coefficient (Wildman–Crippen LogP) is -0.380. The van der Waals surface area contributed by atoms with Gasteiger partial charge in [-0.3, -0.25) is 14.0 Å². The molecule has 1 aromatic carbocycles. The number of carboxylic acids is 1. The summed E-state index contributed by atoms with van der Waals surface area (Å²) in [5.41, 5.74) is 2.37. The minimum Gasteiger partial charge on any atom is -1.00 e. The number of pyridine rings is 1. The van der Waals surface area contributed by atoms with Crippen LogP contribution in [0.2, 0.25) is 0 Å². The number of carbonyl (C=O) groups is 3. The summed E-state index contributed by atoms with van der Waals surface area (Å²) in [6.07, 6.45) is 6.13. The summed E-state index contributed by atoms with van der Waals surface area (Å²) >= 11 is 1.28. The van der Waals surface area contributed by atoms with E-state index in [1.165, 1.54) is 16.2 Å². The molecule has 1 saturated heterocycles. The van der Waals surface area contributed by atoms with Crippen molar-refractivity contribution in [2.75, 3.05) is 0 Å². The zero-order valence-corrected chi connectivity index (χ0v) is 23.5. The number of rotatable bonds is 7. The van der Waals surface area contributed by atoms with Gasteiger partial charge >= 0.3 is 5.97 Å². The van der Waals surface area contributed by atoms with Gasteiger partial charge in [-0.05, 0) is 13.0 Å². The van der Waals surface area contributed by atoms with Crippen LogP contribution in [0.3, 0.4) is 0 Å². The lowest BCUT2D eigenvalue weighted by atomic mass is 9.77. The Labute approximate surface area is 238 Å². The molecular weight excluding hydrogens is 584 g/mol. The van der Waals surface area contributed by atoms with Crippen LogP contribution in [-0.2, 0) is 16.1 Å². The van der Waals surface area contributed by atoms with Gasteiger partial charge in [0, 0.05) is 29.3 Å². The molecule has 2 N–H and O–H groups in total. The van der Waals surface area contributed by atoms with Gasteiger partial charge in [-0.2, -0.15) is 0 Å². The molecule has 3 aromatic heterocycles. The molecule has 4 atom stereocenters. The Balaban J connectivity index is 0.00000308. The number of carbonyl (C=O) groups excluding carboxylic acids is 2. The number of halogens is 1. The number of imidazole rings is 1. The first-order valence-electron chi connectivity index (χ1n) is 12.3. The molecule has 0 spiro atoms. The monoisotopic (exact) mass is 608 g/mol. The van der Waals surface area contributed by atoms with E-state index in [2.05, 4.69) is 4.98 Å². The predicted molar refractivity (Wildman–Crippen MR) is 138 cm³/mol. The summed E-state index contributed by atoms with van der Waals surface area (Å²) in [6, 6.07) is 13.1. The van der Waals surface area contributed by atoms with Crippen LogP contribution in [-0.4, -0.2) is 54.3 Å². The number of hydrogen-bond donors (Lipinski definition) is 2. The molecule has 1 amide bonds. The molecule has 0 unspecified atom stereocenters. The van der Waals surface area contributed by atoms with Crippen LogP contribution < -0.4 is 21.5 Å². The summed E-state index contributed by atoms with van der Waals surface area (Å²) in [7, 11) is 0. The minimum atomic E-state index is -1.19. The minimum absolute atomic E-state index is 0. The van der Waals surface area contributed by atoms with E-state index < -0.39 is 24.0 Å². The zero-order valence-electron chi connectivity index (χ0n) is 21.1. The standard InChI is InChI=1S/C28H24N4O5S.BrH/c1-15-20(24(28(36)37)32-23(15)21(16(2)33)26(32)35)19-13-31-14-29-22(27(31)38-19)25(34)18-9-6-10-30(12-18)11-17-7-4-3-5-8-17;/h3-10,12-16,21,23,33H,11H2,1-2H3;1H/t15-,16+,21+,23+;/m0./s1. The lowest BCUT2D eigenvalue weighted by Crippen LogP contribution is -3.00. The Hall–Kier alpha value is -3.67. The molecule has 39 heavy (non-hydrogen) atoms. The van der Waals surface area contributed by atoms with Crippen molar-refractivity contribution in [2.45, 2.75) is 32.5 Å². The molecule has 9 nitrogen and oxygen atoms in total. The Morgan fingerprint density at radius 3 is 2.62 bits per heavy atom. The maximum absolute atomic E-state index is 13.5. The Bertz CT molecular complexity index is 1640. The largest absolute Gasteiger partial charge is 1.00 e. The molecule has 4 aromatic rings. The fourth-order valence-electron chi connectivity index (χ4n) is 5.66. The fourth-order valence-corrected chi connectivity index (χ4v) is 6.87. The number of amides is 1. The number of β-lactam (4-membered cyclic amide) rings is 1. The number of benzene rings is 1. The van der Waals surface area contributed by atoms with E-state index in [1.807, 2.05) is 54.1 Å². The maximum Gasteiger partial charge on any atom is 0.352 e. The van der Waals surface area contributed by atoms with Gasteiger partial charge in [-0.25, -0.2) is 14.3 Å². The van der Waals surface area contributed by atoms with Gasteiger partial charge in [0.1, 0.15) is 22.5 Å². The van der Waals surface area contributed by atoms with Crippen molar-refractivity contribution >= 4 is 39.4 Å². The second-order valence-electron chi connectivity index (χ2n) is 9.80. The number of aliphatic hydroxyl groups excluding tert-OH is 1. The summed E-state index contributed by atoms with van der Waals surface area (Å²) in [6.45, 7) is 4.05. The lowest BCUT2D eigenvalue weighted by Gasteiger charge is -2.46. The van der Waals surface area contributed by atoms with Crippen LogP contribution in [0.1, 0.15) is 40.3 Å². The summed E-state index contributed by atoms with van der Waals surface area (Å²) in [5.74, 6) is -2.73. The normalized spacial score (nSPS) is 20.9. The summed E-state index contributed by atoms with van der Waals surface area (Å²) in [5, 5.41) is 20.1. The number of nitrogens with zero attached hydrogens (tertiary/aromatic N) is 4. The van der Waals surface area contributed by atoms with Gasteiger partial charge in [-0.1, -0.05) is 37.3 Å².